The van der Waals surface area contributed by atoms with E-state index >= 15 is 0 Å². The fourth-order valence-corrected chi connectivity index (χ4v) is 2.96. The zero-order chi connectivity index (χ0) is 14.0. The van der Waals surface area contributed by atoms with Crippen LogP contribution in [-0.2, 0) is 0 Å². The summed E-state index contributed by atoms with van der Waals surface area (Å²) in [5.41, 5.74) is 4.17. The molecule has 2 rings (SSSR count). The van der Waals surface area contributed by atoms with E-state index < -0.39 is 0 Å². The Morgan fingerprint density at radius 3 is 2.40 bits per heavy atom. The molecule has 1 saturated heterocycles. The maximum Gasteiger partial charge on any atom is 0.252 e. The minimum atomic E-state index is 0. The Balaban J connectivity index is 0.00000200. The smallest absolute Gasteiger partial charge is 0.252 e. The van der Waals surface area contributed by atoms with E-state index in [-0.39, 0.29) is 24.4 Å². The molecule has 0 saturated carbocycles. The molecule has 0 aliphatic carbocycles. The number of halogens is 1. The molecule has 0 aromatic heterocycles. The van der Waals surface area contributed by atoms with Gasteiger partial charge in [-0.3, -0.25) is 4.79 Å². The maximum absolute atomic E-state index is 12.5. The van der Waals surface area contributed by atoms with Crippen LogP contribution in [0.2, 0.25) is 0 Å². The topological polar surface area (TPSA) is 41.1 Å². The van der Waals surface area contributed by atoms with Crippen molar-refractivity contribution in [3.63, 3.8) is 0 Å². The molecule has 2 atom stereocenters. The zero-order valence-corrected chi connectivity index (χ0v) is 13.6. The first-order chi connectivity index (χ1) is 8.99. The molecule has 0 bridgehead atoms. The van der Waals surface area contributed by atoms with Crippen molar-refractivity contribution in [2.45, 2.75) is 40.2 Å². The Bertz CT molecular complexity index is 464. The van der Waals surface area contributed by atoms with Crippen molar-refractivity contribution < 1.29 is 4.79 Å². The van der Waals surface area contributed by atoms with Crippen LogP contribution in [0.4, 0.5) is 0 Å². The second-order valence-corrected chi connectivity index (χ2v) is 5.82. The molecule has 1 aromatic rings. The van der Waals surface area contributed by atoms with Crippen molar-refractivity contribution in [3.8, 4) is 0 Å². The second-order valence-electron chi connectivity index (χ2n) is 5.82. The van der Waals surface area contributed by atoms with Gasteiger partial charge in [-0.15, -0.1) is 12.4 Å². The second kappa shape index (κ2) is 7.09. The Morgan fingerprint density at radius 2 is 1.85 bits per heavy atom. The first-order valence-corrected chi connectivity index (χ1v) is 7.08. The lowest BCUT2D eigenvalue weighted by Gasteiger charge is -2.30. The first kappa shape index (κ1) is 17.0. The molecular formula is C16H25ClN2O. The van der Waals surface area contributed by atoms with Crippen molar-refractivity contribution in [2.24, 2.45) is 5.92 Å². The summed E-state index contributed by atoms with van der Waals surface area (Å²) in [6.07, 6.45) is 1.12. The highest BCUT2D eigenvalue weighted by Gasteiger charge is 2.24. The van der Waals surface area contributed by atoms with Gasteiger partial charge in [0.2, 0.25) is 0 Å². The summed E-state index contributed by atoms with van der Waals surface area (Å²) in [4.78, 5) is 12.5. The zero-order valence-electron chi connectivity index (χ0n) is 12.7. The number of hydrogen-bond donors (Lipinski definition) is 2. The normalized spacial score (nSPS) is 22.0. The lowest BCUT2D eigenvalue weighted by atomic mass is 9.93. The number of aryl methyl sites for hydroxylation is 3. The molecule has 1 heterocycles. The van der Waals surface area contributed by atoms with Crippen LogP contribution in [-0.4, -0.2) is 25.0 Å². The van der Waals surface area contributed by atoms with Gasteiger partial charge in [0, 0.05) is 18.2 Å². The quantitative estimate of drug-likeness (QED) is 0.881. The lowest BCUT2D eigenvalue weighted by Crippen LogP contribution is -2.50. The number of piperidine rings is 1. The Kier molecular flexibility index (Phi) is 6.03. The molecule has 1 aliphatic heterocycles. The van der Waals surface area contributed by atoms with E-state index in [1.807, 2.05) is 13.8 Å². The molecule has 4 heteroatoms. The third-order valence-electron chi connectivity index (χ3n) is 4.05. The molecule has 1 aromatic carbocycles. The van der Waals surface area contributed by atoms with E-state index in [1.165, 1.54) is 5.56 Å². The number of nitrogens with one attached hydrogen (secondary N) is 2. The number of benzene rings is 1. The van der Waals surface area contributed by atoms with Crippen LogP contribution < -0.4 is 10.6 Å². The van der Waals surface area contributed by atoms with Crippen molar-refractivity contribution in [2.75, 3.05) is 13.1 Å². The molecule has 3 nitrogen and oxygen atoms in total. The van der Waals surface area contributed by atoms with E-state index in [0.717, 1.165) is 36.2 Å². The SMILES string of the molecule is Cc1cc(C)c(C(=O)NC2CNCCC2C)c(C)c1.Cl. The van der Waals surface area contributed by atoms with E-state index in [0.29, 0.717) is 5.92 Å². The highest BCUT2D eigenvalue weighted by Crippen LogP contribution is 2.18. The predicted octanol–water partition coefficient (Wildman–Crippen LogP) is 2.76. The van der Waals surface area contributed by atoms with E-state index in [9.17, 15) is 4.79 Å². The summed E-state index contributed by atoms with van der Waals surface area (Å²) in [7, 11) is 0. The number of amides is 1. The third kappa shape index (κ3) is 3.74. The molecular weight excluding hydrogens is 272 g/mol. The van der Waals surface area contributed by atoms with Gasteiger partial charge in [-0.1, -0.05) is 24.6 Å². The summed E-state index contributed by atoms with van der Waals surface area (Å²) >= 11 is 0. The molecule has 112 valence electrons. The lowest BCUT2D eigenvalue weighted by molar-refractivity contribution is 0.0914. The first-order valence-electron chi connectivity index (χ1n) is 7.08. The number of carbonyl (C=O) groups is 1. The van der Waals surface area contributed by atoms with E-state index in [4.69, 9.17) is 0 Å². The van der Waals surface area contributed by atoms with Crippen LogP contribution >= 0.6 is 12.4 Å². The van der Waals surface area contributed by atoms with Gasteiger partial charge >= 0.3 is 0 Å². The molecule has 2 unspecified atom stereocenters. The van der Waals surface area contributed by atoms with Crippen molar-refractivity contribution >= 4 is 18.3 Å². The van der Waals surface area contributed by atoms with E-state index in [2.05, 4.69) is 36.6 Å². The van der Waals surface area contributed by atoms with Gasteiger partial charge in [0.1, 0.15) is 0 Å². The van der Waals surface area contributed by atoms with Gasteiger partial charge in [-0.2, -0.15) is 0 Å². The molecule has 20 heavy (non-hydrogen) atoms. The summed E-state index contributed by atoms with van der Waals surface area (Å²) in [6.45, 7) is 10.2. The summed E-state index contributed by atoms with van der Waals surface area (Å²) in [5, 5.41) is 6.53. The van der Waals surface area contributed by atoms with Gasteiger partial charge in [-0.25, -0.2) is 0 Å². The average Bonchev–Trinajstić information content (AvgIpc) is 2.30. The van der Waals surface area contributed by atoms with Crippen LogP contribution in [0.5, 0.6) is 0 Å². The average molecular weight is 297 g/mol. The van der Waals surface area contributed by atoms with Gasteiger partial charge in [-0.05, 0) is 50.8 Å². The molecule has 1 fully saturated rings. The monoisotopic (exact) mass is 296 g/mol. The minimum absolute atomic E-state index is 0. The summed E-state index contributed by atoms with van der Waals surface area (Å²) in [5.74, 6) is 0.604. The van der Waals surface area contributed by atoms with Crippen molar-refractivity contribution in [1.29, 1.82) is 0 Å². The maximum atomic E-state index is 12.5. The fraction of sp³-hybridized carbons (Fsp3) is 0.562. The van der Waals surface area contributed by atoms with Gasteiger partial charge in [0.15, 0.2) is 0 Å². The fourth-order valence-electron chi connectivity index (χ4n) is 2.96. The number of hydrogen-bond acceptors (Lipinski definition) is 2. The van der Waals surface area contributed by atoms with Crippen molar-refractivity contribution in [1.82, 2.24) is 10.6 Å². The van der Waals surface area contributed by atoms with Crippen LogP contribution in [0, 0.1) is 26.7 Å². The highest BCUT2D eigenvalue weighted by molar-refractivity contribution is 5.97. The summed E-state index contributed by atoms with van der Waals surface area (Å²) < 4.78 is 0. The van der Waals surface area contributed by atoms with Crippen LogP contribution in [0.15, 0.2) is 12.1 Å². The van der Waals surface area contributed by atoms with Gasteiger partial charge in [0.05, 0.1) is 0 Å². The standard InChI is InChI=1S/C16H24N2O.ClH/c1-10-7-12(3)15(13(4)8-10)16(19)18-14-9-17-6-5-11(14)2;/h7-8,11,14,17H,5-6,9H2,1-4H3,(H,18,19);1H. The molecule has 1 aliphatic rings. The Morgan fingerprint density at radius 1 is 1.25 bits per heavy atom. The van der Waals surface area contributed by atoms with Gasteiger partial charge in [0.25, 0.3) is 5.91 Å². The largest absolute Gasteiger partial charge is 0.348 e. The van der Waals surface area contributed by atoms with Crippen LogP contribution in [0.25, 0.3) is 0 Å². The van der Waals surface area contributed by atoms with E-state index in [1.54, 1.807) is 0 Å². The molecule has 1 amide bonds. The Hall–Kier alpha value is -1.06. The predicted molar refractivity (Wildman–Crippen MR) is 85.8 cm³/mol. The summed E-state index contributed by atoms with van der Waals surface area (Å²) in [6, 6.07) is 4.39. The van der Waals surface area contributed by atoms with Gasteiger partial charge < -0.3 is 10.6 Å². The molecule has 0 radical (unpaired) electrons. The number of carbonyl (C=O) groups excluding carboxylic acids is 1. The number of rotatable bonds is 2. The third-order valence-corrected chi connectivity index (χ3v) is 4.05. The molecule has 2 N–H and O–H groups in total. The van der Waals surface area contributed by atoms with Crippen LogP contribution in [0.3, 0.4) is 0 Å². The highest BCUT2D eigenvalue weighted by atomic mass is 35.5. The Labute approximate surface area is 127 Å². The minimum Gasteiger partial charge on any atom is -0.348 e. The molecule has 0 spiro atoms. The van der Waals surface area contributed by atoms with Crippen LogP contribution in [0.1, 0.15) is 40.4 Å². The van der Waals surface area contributed by atoms with Crippen molar-refractivity contribution in [3.05, 3.63) is 34.4 Å².